The lowest BCUT2D eigenvalue weighted by Crippen LogP contribution is -2.59. The summed E-state index contributed by atoms with van der Waals surface area (Å²) in [5.74, 6) is -2.78. The Morgan fingerprint density at radius 2 is 1.78 bits per heavy atom. The van der Waals surface area contributed by atoms with Gasteiger partial charge in [0.1, 0.15) is 11.6 Å². The number of carbonyl (C=O) groups is 4. The molecule has 12 heteroatoms. The van der Waals surface area contributed by atoms with Crippen molar-refractivity contribution in [3.05, 3.63) is 82.2 Å². The molecule has 1 aliphatic carbocycles. The third-order valence-electron chi connectivity index (χ3n) is 8.34. The molecule has 4 amide bonds. The van der Waals surface area contributed by atoms with Crippen LogP contribution >= 0.6 is 7.60 Å². The van der Waals surface area contributed by atoms with Crippen LogP contribution in [0, 0.1) is 5.92 Å². The average Bonchev–Trinajstić information content (AvgIpc) is 2.97. The number of primary amides is 1. The molecule has 1 aliphatic heterocycles. The van der Waals surface area contributed by atoms with Crippen LogP contribution in [-0.4, -0.2) is 51.5 Å². The van der Waals surface area contributed by atoms with E-state index in [1.807, 2.05) is 24.3 Å². The predicted molar refractivity (Wildman–Crippen MR) is 175 cm³/mol. The number of hydrogen-bond donors (Lipinski definition) is 6. The Bertz CT molecular complexity index is 1660. The van der Waals surface area contributed by atoms with Gasteiger partial charge in [-0.25, -0.2) is 0 Å². The number of carbonyl (C=O) groups excluding carboxylic acids is 4. The zero-order chi connectivity index (χ0) is 33.5. The summed E-state index contributed by atoms with van der Waals surface area (Å²) in [5, 5.41) is 10.6. The molecule has 0 saturated heterocycles. The molecule has 0 unspecified atom stereocenters. The molecule has 2 aromatic rings. The second kappa shape index (κ2) is 15.0. The Hall–Kier alpha value is -4.05. The highest BCUT2D eigenvalue weighted by Crippen LogP contribution is 2.39. The number of benzene rings is 2. The standard InChI is InChI=1S/C34H43N4O7P/c1-34(2)33(42)37-29(19-30(35)39)32(41)36-20-23(17-27-11-6-9-25-8-3-4-12-28(25)27)7-5-10-26(18-31(40)38-34)24-15-13-22(14-16-24)21-46(43,44)45/h3-5,8-10,12-16,23,26,29H,6-7,11,17-21H2,1-2H3,(H2,35,39)(H,36,41)(H,37,42)(H,38,40)(H2,43,44,45)/b10-5+/t23-,26-,29-/m0/s1. The van der Waals surface area contributed by atoms with Gasteiger partial charge < -0.3 is 31.5 Å². The molecule has 246 valence electrons. The molecule has 0 aromatic heterocycles. The monoisotopic (exact) mass is 650 g/mol. The van der Waals surface area contributed by atoms with Crippen LogP contribution in [0.3, 0.4) is 0 Å². The summed E-state index contributed by atoms with van der Waals surface area (Å²) < 4.78 is 11.5. The fourth-order valence-electron chi connectivity index (χ4n) is 5.95. The van der Waals surface area contributed by atoms with Gasteiger partial charge in [0.05, 0.1) is 12.6 Å². The van der Waals surface area contributed by atoms with Crippen LogP contribution in [0.5, 0.6) is 0 Å². The van der Waals surface area contributed by atoms with Crippen LogP contribution in [0.15, 0.2) is 60.7 Å². The summed E-state index contributed by atoms with van der Waals surface area (Å²) in [6.07, 6.45) is 8.45. The van der Waals surface area contributed by atoms with Gasteiger partial charge in [-0.15, -0.1) is 0 Å². The quantitative estimate of drug-likeness (QED) is 0.194. The zero-order valence-electron chi connectivity index (χ0n) is 26.2. The lowest BCUT2D eigenvalue weighted by atomic mass is 9.88. The molecule has 0 fully saturated rings. The first-order chi connectivity index (χ1) is 21.7. The first kappa shape index (κ1) is 34.8. The Balaban J connectivity index is 1.68. The molecule has 2 aromatic carbocycles. The van der Waals surface area contributed by atoms with Crippen molar-refractivity contribution in [3.63, 3.8) is 0 Å². The van der Waals surface area contributed by atoms with Crippen molar-refractivity contribution < 1.29 is 33.5 Å². The molecule has 11 nitrogen and oxygen atoms in total. The molecule has 7 N–H and O–H groups in total. The van der Waals surface area contributed by atoms with Gasteiger partial charge in [0, 0.05) is 18.9 Å². The van der Waals surface area contributed by atoms with E-state index in [1.54, 1.807) is 24.3 Å². The maximum Gasteiger partial charge on any atom is 0.329 e. The molecule has 0 saturated carbocycles. The van der Waals surface area contributed by atoms with Crippen LogP contribution in [0.25, 0.3) is 11.6 Å². The number of hydrogen-bond acceptors (Lipinski definition) is 5. The van der Waals surface area contributed by atoms with Gasteiger partial charge >= 0.3 is 7.60 Å². The summed E-state index contributed by atoms with van der Waals surface area (Å²) in [7, 11) is -4.24. The summed E-state index contributed by atoms with van der Waals surface area (Å²) in [6, 6.07) is 13.8. The van der Waals surface area contributed by atoms with Crippen molar-refractivity contribution in [1.82, 2.24) is 16.0 Å². The molecule has 1 heterocycles. The summed E-state index contributed by atoms with van der Waals surface area (Å²) in [4.78, 5) is 70.4. The first-order valence-corrected chi connectivity index (χ1v) is 17.3. The third kappa shape index (κ3) is 9.97. The van der Waals surface area contributed by atoms with Crippen LogP contribution in [0.2, 0.25) is 0 Å². The number of rotatable bonds is 7. The summed E-state index contributed by atoms with van der Waals surface area (Å²) in [6.45, 7) is 3.30. The fourth-order valence-corrected chi connectivity index (χ4v) is 6.63. The predicted octanol–water partition coefficient (Wildman–Crippen LogP) is 1.60. The van der Waals surface area contributed by atoms with E-state index in [9.17, 15) is 33.5 Å². The molecule has 3 atom stereocenters. The number of amides is 4. The Morgan fingerprint density at radius 3 is 2.48 bits per heavy atom. The van der Waals surface area contributed by atoms with Crippen LogP contribution < -0.4 is 32.1 Å². The highest BCUT2D eigenvalue weighted by Gasteiger charge is 2.34. The van der Waals surface area contributed by atoms with Crippen molar-refractivity contribution in [3.8, 4) is 0 Å². The van der Waals surface area contributed by atoms with Gasteiger partial charge in [-0.3, -0.25) is 23.7 Å². The number of allylic oxidation sites excluding steroid dienone is 2. The summed E-state index contributed by atoms with van der Waals surface area (Å²) in [5.41, 5.74) is 6.52. The third-order valence-corrected chi connectivity index (χ3v) is 9.12. The van der Waals surface area contributed by atoms with Crippen molar-refractivity contribution in [2.75, 3.05) is 6.54 Å². The maximum atomic E-state index is 13.3. The normalized spacial score (nSPS) is 23.3. The van der Waals surface area contributed by atoms with Crippen LogP contribution in [-0.2, 0) is 29.9 Å². The van der Waals surface area contributed by atoms with Gasteiger partial charge in [0.15, 0.2) is 0 Å². The number of nitrogens with two attached hydrogens (primary N) is 1. The molecule has 0 spiro atoms. The Kier molecular flexibility index (Phi) is 11.4. The largest absolute Gasteiger partial charge is 0.370 e. The zero-order valence-corrected chi connectivity index (χ0v) is 27.1. The lowest BCUT2D eigenvalue weighted by molar-refractivity contribution is -0.136. The molecule has 0 bridgehead atoms. The minimum Gasteiger partial charge on any atom is -0.370 e. The molecular weight excluding hydrogens is 607 g/mol. The smallest absolute Gasteiger partial charge is 0.329 e. The fraction of sp³-hybridized carbons (Fsp3) is 0.412. The van der Waals surface area contributed by atoms with Crippen LogP contribution in [0.1, 0.15) is 69.4 Å². The van der Waals surface area contributed by atoms with E-state index in [2.05, 4.69) is 34.2 Å². The van der Waals surface area contributed by atoms with Gasteiger partial charge in [-0.2, -0.15) is 0 Å². The van der Waals surface area contributed by atoms with Crippen molar-refractivity contribution >= 4 is 42.9 Å². The van der Waals surface area contributed by atoms with E-state index in [4.69, 9.17) is 5.73 Å². The van der Waals surface area contributed by atoms with Gasteiger partial charge in [-0.05, 0) is 67.0 Å². The molecule has 4 rings (SSSR count). The Morgan fingerprint density at radius 1 is 1.07 bits per heavy atom. The molecule has 46 heavy (non-hydrogen) atoms. The summed E-state index contributed by atoms with van der Waals surface area (Å²) >= 11 is 0. The van der Waals surface area contributed by atoms with E-state index in [0.29, 0.717) is 18.4 Å². The lowest BCUT2D eigenvalue weighted by Gasteiger charge is -2.28. The SMILES string of the molecule is CC1(C)NC(=O)C[C@@H](c2ccc(CP(=O)(O)O)cc2)/C=C/C[C@@H](CC2=c3ccccc3=CCC2)CNC(=O)[C@H](CC(N)=O)NC1=O. The van der Waals surface area contributed by atoms with E-state index in [0.717, 1.165) is 18.4 Å². The molecule has 2 aliphatic rings. The van der Waals surface area contributed by atoms with Crippen LogP contribution in [0.4, 0.5) is 0 Å². The van der Waals surface area contributed by atoms with Gasteiger partial charge in [0.2, 0.25) is 23.6 Å². The van der Waals surface area contributed by atoms with Crippen molar-refractivity contribution in [2.45, 2.75) is 76.0 Å². The van der Waals surface area contributed by atoms with Gasteiger partial charge in [-0.1, -0.05) is 72.3 Å². The van der Waals surface area contributed by atoms with E-state index in [-0.39, 0.29) is 25.0 Å². The molecular formula is C34H43N4O7P. The first-order valence-electron chi connectivity index (χ1n) is 15.5. The number of nitrogens with one attached hydrogen (secondary N) is 3. The van der Waals surface area contributed by atoms with Crippen molar-refractivity contribution in [1.29, 1.82) is 0 Å². The van der Waals surface area contributed by atoms with Crippen molar-refractivity contribution in [2.24, 2.45) is 11.7 Å². The van der Waals surface area contributed by atoms with E-state index >= 15 is 0 Å². The van der Waals surface area contributed by atoms with E-state index in [1.165, 1.54) is 29.9 Å². The van der Waals surface area contributed by atoms with E-state index < -0.39 is 55.1 Å². The highest BCUT2D eigenvalue weighted by atomic mass is 31.2. The average molecular weight is 651 g/mol. The minimum absolute atomic E-state index is 0.00179. The highest BCUT2D eigenvalue weighted by molar-refractivity contribution is 7.50. The minimum atomic E-state index is -4.24. The van der Waals surface area contributed by atoms with Gasteiger partial charge in [0.25, 0.3) is 0 Å². The maximum absolute atomic E-state index is 13.3. The second-order valence-corrected chi connectivity index (χ2v) is 14.3. The topological polar surface area (TPSA) is 188 Å². The second-order valence-electron chi connectivity index (χ2n) is 12.7. The Labute approximate surface area is 268 Å². The molecule has 0 radical (unpaired) electrons. The number of fused-ring (bicyclic) bond motifs is 1.